The summed E-state index contributed by atoms with van der Waals surface area (Å²) in [6.45, 7) is 13.6. The van der Waals surface area contributed by atoms with Crippen LogP contribution in [0.5, 0.6) is 0 Å². The lowest BCUT2D eigenvalue weighted by Gasteiger charge is -2.39. The number of hydrogen-bond acceptors (Lipinski definition) is 2. The molecule has 0 aliphatic carbocycles. The van der Waals surface area contributed by atoms with E-state index in [-0.39, 0.29) is 11.3 Å². The molecular weight excluding hydrogens is 224 g/mol. The van der Waals surface area contributed by atoms with Gasteiger partial charge in [0.2, 0.25) is 5.91 Å². The lowest BCUT2D eigenvalue weighted by atomic mass is 9.74. The standard InChI is InChI=1S/C15H28N2O/c1-5-10-17(11-6-2)14(18)15(3,4)13-8-7-9-16-12-13/h5,13,16H,1,6-12H2,2-4H3. The van der Waals surface area contributed by atoms with Gasteiger partial charge in [0, 0.05) is 18.5 Å². The molecule has 0 bridgehead atoms. The lowest BCUT2D eigenvalue weighted by Crippen LogP contribution is -2.49. The molecule has 1 aliphatic heterocycles. The van der Waals surface area contributed by atoms with Crippen molar-refractivity contribution in [3.63, 3.8) is 0 Å². The molecule has 1 saturated heterocycles. The molecule has 1 fully saturated rings. The first-order chi connectivity index (χ1) is 8.54. The summed E-state index contributed by atoms with van der Waals surface area (Å²) in [5.41, 5.74) is -0.272. The highest BCUT2D eigenvalue weighted by Crippen LogP contribution is 2.33. The van der Waals surface area contributed by atoms with Gasteiger partial charge in [-0.05, 0) is 38.3 Å². The number of piperidine rings is 1. The highest BCUT2D eigenvalue weighted by atomic mass is 16.2. The summed E-state index contributed by atoms with van der Waals surface area (Å²) in [5.74, 6) is 0.723. The van der Waals surface area contributed by atoms with Crippen LogP contribution in [0, 0.1) is 11.3 Å². The summed E-state index contributed by atoms with van der Waals surface area (Å²) in [6, 6.07) is 0. The molecule has 18 heavy (non-hydrogen) atoms. The number of hydrogen-bond donors (Lipinski definition) is 1. The van der Waals surface area contributed by atoms with Crippen molar-refractivity contribution in [3.05, 3.63) is 12.7 Å². The number of nitrogens with one attached hydrogen (secondary N) is 1. The zero-order valence-corrected chi connectivity index (χ0v) is 12.2. The van der Waals surface area contributed by atoms with E-state index >= 15 is 0 Å². The third-order valence-corrected chi connectivity index (χ3v) is 4.00. The topological polar surface area (TPSA) is 32.3 Å². The fourth-order valence-electron chi connectivity index (χ4n) is 2.75. The Kier molecular flexibility index (Phi) is 5.86. The van der Waals surface area contributed by atoms with E-state index in [0.29, 0.717) is 12.5 Å². The Balaban J connectivity index is 2.73. The van der Waals surface area contributed by atoms with Gasteiger partial charge in [0.1, 0.15) is 0 Å². The number of amides is 1. The molecule has 1 heterocycles. The van der Waals surface area contributed by atoms with Gasteiger partial charge in [0.15, 0.2) is 0 Å². The fourth-order valence-corrected chi connectivity index (χ4v) is 2.75. The molecule has 0 aromatic carbocycles. The molecule has 3 nitrogen and oxygen atoms in total. The van der Waals surface area contributed by atoms with Crippen LogP contribution in [0.3, 0.4) is 0 Å². The third-order valence-electron chi connectivity index (χ3n) is 4.00. The van der Waals surface area contributed by atoms with Crippen molar-refractivity contribution in [2.45, 2.75) is 40.0 Å². The van der Waals surface area contributed by atoms with Crippen LogP contribution in [0.1, 0.15) is 40.0 Å². The third kappa shape index (κ3) is 3.58. The molecule has 0 aromatic rings. The smallest absolute Gasteiger partial charge is 0.228 e. The van der Waals surface area contributed by atoms with Crippen molar-refractivity contribution in [2.75, 3.05) is 26.2 Å². The minimum absolute atomic E-state index is 0.272. The number of carbonyl (C=O) groups is 1. The molecule has 1 atom stereocenters. The Morgan fingerprint density at radius 3 is 2.78 bits per heavy atom. The quantitative estimate of drug-likeness (QED) is 0.736. The van der Waals surface area contributed by atoms with Crippen LogP contribution in [0.2, 0.25) is 0 Å². The molecule has 0 saturated carbocycles. The van der Waals surface area contributed by atoms with Gasteiger partial charge in [0.05, 0.1) is 0 Å². The molecule has 104 valence electrons. The highest BCUT2D eigenvalue weighted by Gasteiger charge is 2.39. The zero-order valence-electron chi connectivity index (χ0n) is 12.2. The van der Waals surface area contributed by atoms with Crippen molar-refractivity contribution in [1.82, 2.24) is 10.2 Å². The van der Waals surface area contributed by atoms with Gasteiger partial charge in [-0.3, -0.25) is 4.79 Å². The lowest BCUT2D eigenvalue weighted by molar-refractivity contribution is -0.143. The summed E-state index contributed by atoms with van der Waals surface area (Å²) >= 11 is 0. The van der Waals surface area contributed by atoms with Crippen molar-refractivity contribution in [2.24, 2.45) is 11.3 Å². The summed E-state index contributed by atoms with van der Waals surface area (Å²) in [7, 11) is 0. The van der Waals surface area contributed by atoms with Gasteiger partial charge in [-0.15, -0.1) is 6.58 Å². The first-order valence-corrected chi connectivity index (χ1v) is 7.15. The maximum absolute atomic E-state index is 12.7. The second kappa shape index (κ2) is 6.93. The minimum atomic E-state index is -0.272. The van der Waals surface area contributed by atoms with Gasteiger partial charge in [-0.25, -0.2) is 0 Å². The maximum atomic E-state index is 12.7. The Labute approximate surface area is 112 Å². The van der Waals surface area contributed by atoms with E-state index in [0.717, 1.165) is 32.5 Å². The summed E-state index contributed by atoms with van der Waals surface area (Å²) in [6.07, 6.45) is 5.15. The SMILES string of the molecule is C=CCN(CCC)C(=O)C(C)(C)C1CCCNC1. The van der Waals surface area contributed by atoms with Crippen LogP contribution in [-0.2, 0) is 4.79 Å². The maximum Gasteiger partial charge on any atom is 0.228 e. The Hall–Kier alpha value is -0.830. The van der Waals surface area contributed by atoms with Gasteiger partial charge in [-0.2, -0.15) is 0 Å². The van der Waals surface area contributed by atoms with Crippen LogP contribution in [-0.4, -0.2) is 37.0 Å². The first-order valence-electron chi connectivity index (χ1n) is 7.15. The normalized spacial score (nSPS) is 20.5. The van der Waals surface area contributed by atoms with E-state index in [1.165, 1.54) is 6.42 Å². The van der Waals surface area contributed by atoms with Crippen molar-refractivity contribution < 1.29 is 4.79 Å². The summed E-state index contributed by atoms with van der Waals surface area (Å²) in [4.78, 5) is 14.6. The second-order valence-corrected chi connectivity index (χ2v) is 5.80. The van der Waals surface area contributed by atoms with E-state index in [2.05, 4.69) is 32.7 Å². The van der Waals surface area contributed by atoms with Crippen LogP contribution in [0.15, 0.2) is 12.7 Å². The van der Waals surface area contributed by atoms with E-state index in [4.69, 9.17) is 0 Å². The Morgan fingerprint density at radius 1 is 1.56 bits per heavy atom. The molecule has 1 unspecified atom stereocenters. The van der Waals surface area contributed by atoms with Gasteiger partial charge in [0.25, 0.3) is 0 Å². The molecule has 0 spiro atoms. The predicted octanol–water partition coefficient (Wildman–Crippen LogP) is 2.44. The Bertz CT molecular complexity index is 280. The molecule has 0 aromatic heterocycles. The van der Waals surface area contributed by atoms with Crippen molar-refractivity contribution in [3.8, 4) is 0 Å². The summed E-state index contributed by atoms with van der Waals surface area (Å²) in [5, 5.41) is 3.41. The first kappa shape index (κ1) is 15.2. The molecule has 1 rings (SSSR count). The molecule has 1 amide bonds. The molecule has 1 N–H and O–H groups in total. The molecule has 1 aliphatic rings. The van der Waals surface area contributed by atoms with Gasteiger partial charge >= 0.3 is 0 Å². The average Bonchev–Trinajstić information content (AvgIpc) is 2.38. The van der Waals surface area contributed by atoms with Gasteiger partial charge < -0.3 is 10.2 Å². The summed E-state index contributed by atoms with van der Waals surface area (Å²) < 4.78 is 0. The number of rotatable bonds is 6. The van der Waals surface area contributed by atoms with Crippen LogP contribution < -0.4 is 5.32 Å². The molecule has 0 radical (unpaired) electrons. The van der Waals surface area contributed by atoms with Crippen molar-refractivity contribution in [1.29, 1.82) is 0 Å². The van der Waals surface area contributed by atoms with Crippen molar-refractivity contribution >= 4 is 5.91 Å². The minimum Gasteiger partial charge on any atom is -0.339 e. The average molecular weight is 252 g/mol. The van der Waals surface area contributed by atoms with Gasteiger partial charge in [-0.1, -0.05) is 26.8 Å². The second-order valence-electron chi connectivity index (χ2n) is 5.80. The Morgan fingerprint density at radius 2 is 2.28 bits per heavy atom. The van der Waals surface area contributed by atoms with E-state index in [1.54, 1.807) is 0 Å². The number of carbonyl (C=O) groups excluding carboxylic acids is 1. The van der Waals surface area contributed by atoms with E-state index in [1.807, 2.05) is 11.0 Å². The molecular formula is C15H28N2O. The van der Waals surface area contributed by atoms with Crippen LogP contribution in [0.4, 0.5) is 0 Å². The molecule has 3 heteroatoms. The predicted molar refractivity (Wildman–Crippen MR) is 76.4 cm³/mol. The largest absolute Gasteiger partial charge is 0.339 e. The monoisotopic (exact) mass is 252 g/mol. The van der Waals surface area contributed by atoms with E-state index < -0.39 is 0 Å². The highest BCUT2D eigenvalue weighted by molar-refractivity contribution is 5.82. The zero-order chi connectivity index (χ0) is 13.6. The van der Waals surface area contributed by atoms with Crippen LogP contribution >= 0.6 is 0 Å². The van der Waals surface area contributed by atoms with Crippen LogP contribution in [0.25, 0.3) is 0 Å². The fraction of sp³-hybridized carbons (Fsp3) is 0.800. The number of nitrogens with zero attached hydrogens (tertiary/aromatic N) is 1. The van der Waals surface area contributed by atoms with E-state index in [9.17, 15) is 4.79 Å².